The molecule has 172 valence electrons. The molecule has 34 heavy (non-hydrogen) atoms. The number of aromatic nitrogens is 1. The van der Waals surface area contributed by atoms with Crippen LogP contribution in [0.25, 0.3) is 0 Å². The molecular formula is C27H24N2O3S2. The summed E-state index contributed by atoms with van der Waals surface area (Å²) in [5.41, 5.74) is 3.30. The molecule has 1 N–H and O–H groups in total. The third-order valence-corrected chi connectivity index (χ3v) is 7.07. The van der Waals surface area contributed by atoms with Crippen LogP contribution in [0, 0.1) is 0 Å². The zero-order chi connectivity index (χ0) is 23.8. The number of nitrogens with zero attached hydrogens (tertiary/aromatic N) is 1. The maximum absolute atomic E-state index is 12.4. The monoisotopic (exact) mass is 488 g/mol. The Labute approximate surface area is 207 Å². The zero-order valence-corrected chi connectivity index (χ0v) is 20.3. The van der Waals surface area contributed by atoms with Crippen molar-refractivity contribution in [3.05, 3.63) is 101 Å². The van der Waals surface area contributed by atoms with E-state index < -0.39 is 0 Å². The van der Waals surface area contributed by atoms with Crippen molar-refractivity contribution in [1.29, 1.82) is 0 Å². The van der Waals surface area contributed by atoms with Gasteiger partial charge in [0.1, 0.15) is 11.5 Å². The van der Waals surface area contributed by atoms with Gasteiger partial charge in [-0.05, 0) is 48.4 Å². The van der Waals surface area contributed by atoms with E-state index in [9.17, 15) is 9.59 Å². The molecule has 4 aromatic rings. The Kier molecular flexibility index (Phi) is 8.12. The Bertz CT molecular complexity index is 1240. The number of ether oxygens (including phenoxy) is 1. The smallest absolute Gasteiger partial charge is 0.230 e. The van der Waals surface area contributed by atoms with Crippen molar-refractivity contribution in [2.24, 2.45) is 0 Å². The number of rotatable bonds is 10. The number of hydrogen-bond donors (Lipinski definition) is 1. The number of nitrogens with one attached hydrogen (secondary N) is 1. The molecule has 0 spiro atoms. The molecule has 0 saturated heterocycles. The molecule has 0 saturated carbocycles. The summed E-state index contributed by atoms with van der Waals surface area (Å²) in [7, 11) is 0. The summed E-state index contributed by atoms with van der Waals surface area (Å²) >= 11 is 2.85. The van der Waals surface area contributed by atoms with Crippen molar-refractivity contribution < 1.29 is 14.3 Å². The van der Waals surface area contributed by atoms with Gasteiger partial charge in [-0.25, -0.2) is 4.98 Å². The number of carbonyl (C=O) groups excluding carboxylic acids is 2. The minimum Gasteiger partial charge on any atom is -0.457 e. The lowest BCUT2D eigenvalue weighted by Gasteiger charge is -2.07. The SMILES string of the molecule is CCc1ccc(C(=O)CSc2nc(CC(=O)Nc3ccc(Oc4ccccc4)cc3)cs2)cc1. The van der Waals surface area contributed by atoms with Crippen LogP contribution in [0.5, 0.6) is 11.5 Å². The highest BCUT2D eigenvalue weighted by atomic mass is 32.2. The number of thioether (sulfide) groups is 1. The Hall–Kier alpha value is -3.42. The maximum Gasteiger partial charge on any atom is 0.230 e. The van der Waals surface area contributed by atoms with Crippen LogP contribution in [-0.4, -0.2) is 22.4 Å². The van der Waals surface area contributed by atoms with Gasteiger partial charge in [0, 0.05) is 16.6 Å². The average Bonchev–Trinajstić information content (AvgIpc) is 3.31. The van der Waals surface area contributed by atoms with Gasteiger partial charge in [-0.1, -0.05) is 61.2 Å². The molecule has 0 fully saturated rings. The maximum atomic E-state index is 12.4. The number of amides is 1. The van der Waals surface area contributed by atoms with Gasteiger partial charge in [0.2, 0.25) is 5.91 Å². The van der Waals surface area contributed by atoms with Gasteiger partial charge in [0.25, 0.3) is 0 Å². The van der Waals surface area contributed by atoms with Gasteiger partial charge in [0.05, 0.1) is 17.9 Å². The van der Waals surface area contributed by atoms with Crippen LogP contribution in [0.3, 0.4) is 0 Å². The van der Waals surface area contributed by atoms with Crippen molar-refractivity contribution in [3.63, 3.8) is 0 Å². The summed E-state index contributed by atoms with van der Waals surface area (Å²) in [4.78, 5) is 29.3. The third-order valence-electron chi connectivity index (χ3n) is 5.00. The molecule has 7 heteroatoms. The van der Waals surface area contributed by atoms with Crippen LogP contribution in [0.15, 0.2) is 88.6 Å². The van der Waals surface area contributed by atoms with Crippen LogP contribution >= 0.6 is 23.1 Å². The summed E-state index contributed by atoms with van der Waals surface area (Å²) in [6.07, 6.45) is 1.12. The average molecular weight is 489 g/mol. The van der Waals surface area contributed by atoms with Crippen LogP contribution < -0.4 is 10.1 Å². The van der Waals surface area contributed by atoms with E-state index in [0.29, 0.717) is 28.4 Å². The van der Waals surface area contributed by atoms with Crippen molar-refractivity contribution in [2.75, 3.05) is 11.1 Å². The second-order valence-electron chi connectivity index (χ2n) is 7.53. The van der Waals surface area contributed by atoms with Gasteiger partial charge in [0.15, 0.2) is 10.1 Å². The molecule has 4 rings (SSSR count). The summed E-state index contributed by atoms with van der Waals surface area (Å²) in [6, 6.07) is 24.5. The zero-order valence-electron chi connectivity index (χ0n) is 18.7. The molecule has 0 aliphatic carbocycles. The molecular weight excluding hydrogens is 464 g/mol. The first-order valence-corrected chi connectivity index (χ1v) is 12.8. The van der Waals surface area contributed by atoms with E-state index in [0.717, 1.165) is 16.5 Å². The third kappa shape index (κ3) is 6.79. The van der Waals surface area contributed by atoms with Gasteiger partial charge < -0.3 is 10.1 Å². The van der Waals surface area contributed by atoms with Crippen molar-refractivity contribution in [2.45, 2.75) is 24.1 Å². The number of para-hydroxylation sites is 1. The predicted octanol–water partition coefficient (Wildman–Crippen LogP) is 6.65. The Morgan fingerprint density at radius 2 is 1.65 bits per heavy atom. The Balaban J connectivity index is 1.24. The van der Waals surface area contributed by atoms with Crippen molar-refractivity contribution in [3.8, 4) is 11.5 Å². The van der Waals surface area contributed by atoms with Gasteiger partial charge in [-0.2, -0.15) is 0 Å². The normalized spacial score (nSPS) is 10.6. The summed E-state index contributed by atoms with van der Waals surface area (Å²) in [5, 5.41) is 4.74. The highest BCUT2D eigenvalue weighted by Crippen LogP contribution is 2.25. The van der Waals surface area contributed by atoms with Crippen LogP contribution in [0.4, 0.5) is 5.69 Å². The summed E-state index contributed by atoms with van der Waals surface area (Å²) in [6.45, 7) is 2.09. The van der Waals surface area contributed by atoms with Gasteiger partial charge >= 0.3 is 0 Å². The topological polar surface area (TPSA) is 68.3 Å². The van der Waals surface area contributed by atoms with E-state index in [-0.39, 0.29) is 18.1 Å². The Morgan fingerprint density at radius 1 is 0.941 bits per heavy atom. The number of Topliss-reactive ketones (excluding diaryl/α,β-unsaturated/α-hetero) is 1. The molecule has 0 aliphatic rings. The largest absolute Gasteiger partial charge is 0.457 e. The fourth-order valence-corrected chi connectivity index (χ4v) is 4.91. The van der Waals surface area contributed by atoms with E-state index in [4.69, 9.17) is 4.74 Å². The molecule has 0 bridgehead atoms. The van der Waals surface area contributed by atoms with Crippen LogP contribution in [0.1, 0.15) is 28.5 Å². The number of hydrogen-bond acceptors (Lipinski definition) is 6. The molecule has 0 aliphatic heterocycles. The highest BCUT2D eigenvalue weighted by molar-refractivity contribution is 8.01. The lowest BCUT2D eigenvalue weighted by molar-refractivity contribution is -0.115. The molecule has 3 aromatic carbocycles. The van der Waals surface area contributed by atoms with E-state index >= 15 is 0 Å². The van der Waals surface area contributed by atoms with Crippen molar-refractivity contribution in [1.82, 2.24) is 4.98 Å². The van der Waals surface area contributed by atoms with E-state index in [1.165, 1.54) is 28.7 Å². The van der Waals surface area contributed by atoms with Gasteiger partial charge in [-0.15, -0.1) is 11.3 Å². The first kappa shape index (κ1) is 23.7. The second kappa shape index (κ2) is 11.6. The lowest BCUT2D eigenvalue weighted by atomic mass is 10.1. The standard InChI is InChI=1S/C27H24N2O3S2/c1-2-19-8-10-20(11-9-19)25(30)18-34-27-29-22(17-33-27)16-26(31)28-21-12-14-24(15-13-21)32-23-6-4-3-5-7-23/h3-15,17H,2,16,18H2,1H3,(H,28,31). The fraction of sp³-hybridized carbons (Fsp3) is 0.148. The molecule has 1 amide bonds. The molecule has 0 unspecified atom stereocenters. The second-order valence-corrected chi connectivity index (χ2v) is 9.61. The lowest BCUT2D eigenvalue weighted by Crippen LogP contribution is -2.14. The summed E-state index contributed by atoms with van der Waals surface area (Å²) in [5.74, 6) is 1.70. The number of benzene rings is 3. The van der Waals surface area contributed by atoms with Crippen LogP contribution in [0.2, 0.25) is 0 Å². The van der Waals surface area contributed by atoms with E-state index in [2.05, 4.69) is 17.2 Å². The van der Waals surface area contributed by atoms with Crippen molar-refractivity contribution >= 4 is 40.5 Å². The number of carbonyl (C=O) groups is 2. The molecule has 1 heterocycles. The fourth-order valence-electron chi connectivity index (χ4n) is 3.17. The molecule has 1 aromatic heterocycles. The predicted molar refractivity (Wildman–Crippen MR) is 138 cm³/mol. The molecule has 0 radical (unpaired) electrons. The Morgan fingerprint density at radius 3 is 2.35 bits per heavy atom. The summed E-state index contributed by atoms with van der Waals surface area (Å²) < 4.78 is 6.55. The van der Waals surface area contributed by atoms with E-state index in [1.54, 1.807) is 12.1 Å². The minimum absolute atomic E-state index is 0.0711. The van der Waals surface area contributed by atoms with E-state index in [1.807, 2.05) is 72.1 Å². The first-order valence-electron chi connectivity index (χ1n) is 10.9. The number of aryl methyl sites for hydroxylation is 1. The van der Waals surface area contributed by atoms with Crippen LogP contribution in [-0.2, 0) is 17.6 Å². The highest BCUT2D eigenvalue weighted by Gasteiger charge is 2.12. The minimum atomic E-state index is -0.148. The van der Waals surface area contributed by atoms with Gasteiger partial charge in [-0.3, -0.25) is 9.59 Å². The molecule has 0 atom stereocenters. The number of ketones is 1. The quantitative estimate of drug-likeness (QED) is 0.200. The first-order chi connectivity index (χ1) is 16.6. The number of thiazole rings is 1. The molecule has 5 nitrogen and oxygen atoms in total. The number of anilines is 1.